The highest BCUT2D eigenvalue weighted by molar-refractivity contribution is 9.10. The molecule has 18 heavy (non-hydrogen) atoms. The van der Waals surface area contributed by atoms with E-state index in [1.807, 2.05) is 12.1 Å². The number of halogens is 1. The van der Waals surface area contributed by atoms with Crippen LogP contribution in [0.3, 0.4) is 0 Å². The van der Waals surface area contributed by atoms with Gasteiger partial charge in [-0.25, -0.2) is 0 Å². The maximum absolute atomic E-state index is 11.9. The molecule has 1 aliphatic heterocycles. The van der Waals surface area contributed by atoms with Crippen LogP contribution in [0.4, 0.5) is 5.69 Å². The Kier molecular flexibility index (Phi) is 4.33. The molecule has 0 aromatic heterocycles. The Bertz CT molecular complexity index is 458. The summed E-state index contributed by atoms with van der Waals surface area (Å²) < 4.78 is 0.756. The number of nitrogens with zero attached hydrogens (tertiary/aromatic N) is 1. The minimum atomic E-state index is -0.594. The van der Waals surface area contributed by atoms with E-state index < -0.39 is 11.8 Å². The molecule has 2 rings (SSSR count). The molecule has 2 amide bonds. The van der Waals surface area contributed by atoms with Crippen molar-refractivity contribution in [3.8, 4) is 0 Å². The van der Waals surface area contributed by atoms with Crippen molar-refractivity contribution < 1.29 is 9.59 Å². The van der Waals surface area contributed by atoms with Gasteiger partial charge in [0.1, 0.15) is 0 Å². The summed E-state index contributed by atoms with van der Waals surface area (Å²) in [5.41, 5.74) is 0.603. The number of hydrogen-bond donors (Lipinski definition) is 2. The molecule has 5 nitrogen and oxygen atoms in total. The van der Waals surface area contributed by atoms with Gasteiger partial charge in [-0.05, 0) is 28.1 Å². The zero-order valence-corrected chi connectivity index (χ0v) is 11.4. The van der Waals surface area contributed by atoms with Gasteiger partial charge < -0.3 is 15.5 Å². The molecule has 2 N–H and O–H groups in total. The number of hydrogen-bond acceptors (Lipinski definition) is 3. The smallest absolute Gasteiger partial charge is 0.313 e. The van der Waals surface area contributed by atoms with Crippen molar-refractivity contribution in [1.82, 2.24) is 10.2 Å². The predicted octanol–water partition coefficient (Wildman–Crippen LogP) is 0.819. The Hall–Kier alpha value is -1.40. The van der Waals surface area contributed by atoms with Gasteiger partial charge in [0.25, 0.3) is 0 Å². The summed E-state index contributed by atoms with van der Waals surface area (Å²) in [7, 11) is 0. The van der Waals surface area contributed by atoms with Crippen molar-refractivity contribution >= 4 is 33.4 Å². The minimum absolute atomic E-state index is 0.479. The highest BCUT2D eigenvalue weighted by Gasteiger charge is 2.23. The maximum atomic E-state index is 11.9. The van der Waals surface area contributed by atoms with Crippen molar-refractivity contribution in [2.24, 2.45) is 0 Å². The first-order chi connectivity index (χ1) is 8.68. The fourth-order valence-corrected chi connectivity index (χ4v) is 2.13. The summed E-state index contributed by atoms with van der Waals surface area (Å²) in [6, 6.07) is 7.20. The number of para-hydroxylation sites is 1. The second-order valence-electron chi connectivity index (χ2n) is 3.98. The average molecular weight is 312 g/mol. The van der Waals surface area contributed by atoms with Crippen molar-refractivity contribution in [2.75, 3.05) is 31.5 Å². The summed E-state index contributed by atoms with van der Waals surface area (Å²) in [5, 5.41) is 5.74. The van der Waals surface area contributed by atoms with Crippen LogP contribution in [0, 0.1) is 0 Å². The number of piperazine rings is 1. The fraction of sp³-hybridized carbons (Fsp3) is 0.333. The molecule has 0 bridgehead atoms. The molecular weight excluding hydrogens is 298 g/mol. The fourth-order valence-electron chi connectivity index (χ4n) is 1.75. The highest BCUT2D eigenvalue weighted by Crippen LogP contribution is 2.21. The molecule has 0 unspecified atom stereocenters. The van der Waals surface area contributed by atoms with Crippen LogP contribution in [-0.2, 0) is 9.59 Å². The molecule has 1 aromatic rings. The van der Waals surface area contributed by atoms with Gasteiger partial charge in [-0.15, -0.1) is 0 Å². The van der Waals surface area contributed by atoms with E-state index in [2.05, 4.69) is 26.6 Å². The Morgan fingerprint density at radius 1 is 1.22 bits per heavy atom. The molecule has 0 atom stereocenters. The van der Waals surface area contributed by atoms with Crippen LogP contribution < -0.4 is 10.6 Å². The monoisotopic (exact) mass is 311 g/mol. The normalized spacial score (nSPS) is 15.3. The molecule has 1 saturated heterocycles. The molecule has 0 saturated carbocycles. The molecule has 1 aliphatic rings. The van der Waals surface area contributed by atoms with E-state index in [1.54, 1.807) is 17.0 Å². The molecule has 1 heterocycles. The molecule has 1 fully saturated rings. The summed E-state index contributed by atoms with van der Waals surface area (Å²) >= 11 is 3.32. The molecule has 0 spiro atoms. The van der Waals surface area contributed by atoms with E-state index in [0.717, 1.165) is 17.6 Å². The average Bonchev–Trinajstić information content (AvgIpc) is 2.41. The quantitative estimate of drug-likeness (QED) is 0.755. The zero-order chi connectivity index (χ0) is 13.0. The lowest BCUT2D eigenvalue weighted by Crippen LogP contribution is -2.49. The Morgan fingerprint density at radius 2 is 1.89 bits per heavy atom. The van der Waals surface area contributed by atoms with Gasteiger partial charge in [0.05, 0.1) is 5.69 Å². The number of rotatable bonds is 1. The molecule has 0 aliphatic carbocycles. The molecule has 96 valence electrons. The summed E-state index contributed by atoms with van der Waals surface area (Å²) in [5.74, 6) is -1.07. The second-order valence-corrected chi connectivity index (χ2v) is 4.83. The van der Waals surface area contributed by atoms with E-state index in [1.165, 1.54) is 0 Å². The third kappa shape index (κ3) is 3.08. The molecule has 0 radical (unpaired) electrons. The maximum Gasteiger partial charge on any atom is 0.313 e. The van der Waals surface area contributed by atoms with Gasteiger partial charge in [0, 0.05) is 30.7 Å². The first kappa shape index (κ1) is 13.0. The lowest BCUT2D eigenvalue weighted by molar-refractivity contribution is -0.143. The third-order valence-electron chi connectivity index (χ3n) is 2.72. The number of amides is 2. The topological polar surface area (TPSA) is 61.4 Å². The van der Waals surface area contributed by atoms with Gasteiger partial charge in [-0.2, -0.15) is 0 Å². The van der Waals surface area contributed by atoms with E-state index in [-0.39, 0.29) is 0 Å². The van der Waals surface area contributed by atoms with Gasteiger partial charge >= 0.3 is 11.8 Å². The van der Waals surface area contributed by atoms with Crippen LogP contribution in [0.15, 0.2) is 28.7 Å². The van der Waals surface area contributed by atoms with E-state index in [9.17, 15) is 9.59 Å². The Morgan fingerprint density at radius 3 is 2.56 bits per heavy atom. The number of anilines is 1. The van der Waals surface area contributed by atoms with Crippen LogP contribution in [0.25, 0.3) is 0 Å². The Balaban J connectivity index is 1.99. The standard InChI is InChI=1S/C12H14BrN3O2/c13-9-3-1-2-4-10(9)15-11(17)12(18)16-7-5-14-6-8-16/h1-4,14H,5-8H2,(H,15,17). The molecule has 6 heteroatoms. The van der Waals surface area contributed by atoms with Crippen LogP contribution in [-0.4, -0.2) is 42.9 Å². The number of nitrogens with one attached hydrogen (secondary N) is 2. The SMILES string of the molecule is O=C(Nc1ccccc1Br)C(=O)N1CCNCC1. The van der Waals surface area contributed by atoms with Crippen molar-refractivity contribution in [3.05, 3.63) is 28.7 Å². The predicted molar refractivity (Wildman–Crippen MR) is 72.2 cm³/mol. The summed E-state index contributed by atoms with van der Waals surface area (Å²) in [6.07, 6.45) is 0. The lowest BCUT2D eigenvalue weighted by atomic mass is 10.3. The highest BCUT2D eigenvalue weighted by atomic mass is 79.9. The zero-order valence-electron chi connectivity index (χ0n) is 9.78. The van der Waals surface area contributed by atoms with Crippen molar-refractivity contribution in [1.29, 1.82) is 0 Å². The lowest BCUT2D eigenvalue weighted by Gasteiger charge is -2.26. The van der Waals surface area contributed by atoms with Crippen LogP contribution in [0.5, 0.6) is 0 Å². The first-order valence-electron chi connectivity index (χ1n) is 5.74. The van der Waals surface area contributed by atoms with Crippen molar-refractivity contribution in [3.63, 3.8) is 0 Å². The largest absolute Gasteiger partial charge is 0.332 e. The third-order valence-corrected chi connectivity index (χ3v) is 3.41. The van der Waals surface area contributed by atoms with Crippen molar-refractivity contribution in [2.45, 2.75) is 0 Å². The first-order valence-corrected chi connectivity index (χ1v) is 6.53. The van der Waals surface area contributed by atoms with Gasteiger partial charge in [-0.1, -0.05) is 12.1 Å². The molecule has 1 aromatic carbocycles. The van der Waals surface area contributed by atoms with Gasteiger partial charge in [-0.3, -0.25) is 9.59 Å². The Labute approximate surface area is 114 Å². The number of carbonyl (C=O) groups excluding carboxylic acids is 2. The second kappa shape index (κ2) is 5.97. The van der Waals surface area contributed by atoms with Gasteiger partial charge in [0.15, 0.2) is 0 Å². The van der Waals surface area contributed by atoms with E-state index in [0.29, 0.717) is 18.8 Å². The van der Waals surface area contributed by atoms with Crippen LogP contribution in [0.2, 0.25) is 0 Å². The minimum Gasteiger partial charge on any atom is -0.332 e. The number of benzene rings is 1. The van der Waals surface area contributed by atoms with Crippen LogP contribution >= 0.6 is 15.9 Å². The number of carbonyl (C=O) groups is 2. The van der Waals surface area contributed by atoms with Crippen LogP contribution in [0.1, 0.15) is 0 Å². The molecular formula is C12H14BrN3O2. The van der Waals surface area contributed by atoms with E-state index >= 15 is 0 Å². The van der Waals surface area contributed by atoms with Gasteiger partial charge in [0.2, 0.25) is 0 Å². The summed E-state index contributed by atoms with van der Waals surface area (Å²) in [6.45, 7) is 2.60. The summed E-state index contributed by atoms with van der Waals surface area (Å²) in [4.78, 5) is 25.3. The van der Waals surface area contributed by atoms with E-state index in [4.69, 9.17) is 0 Å².